The molecule has 0 bridgehead atoms. The van der Waals surface area contributed by atoms with Gasteiger partial charge in [-0.2, -0.15) is 0 Å². The van der Waals surface area contributed by atoms with Crippen molar-refractivity contribution in [1.29, 1.82) is 0 Å². The van der Waals surface area contributed by atoms with Crippen LogP contribution in [0.3, 0.4) is 0 Å². The number of aromatic amines is 1. The Kier molecular flexibility index (Phi) is 2.10. The number of hydrogen-bond acceptors (Lipinski definition) is 0. The molecule has 14 heavy (non-hydrogen) atoms. The van der Waals surface area contributed by atoms with Crippen molar-refractivity contribution in [2.75, 3.05) is 0 Å². The van der Waals surface area contributed by atoms with Crippen LogP contribution in [0, 0.1) is 0 Å². The molecule has 0 spiro atoms. The van der Waals surface area contributed by atoms with Gasteiger partial charge in [0.1, 0.15) is 0 Å². The van der Waals surface area contributed by atoms with Crippen molar-refractivity contribution >= 4 is 10.9 Å². The molecule has 0 fully saturated rings. The summed E-state index contributed by atoms with van der Waals surface area (Å²) in [7, 11) is 0. The lowest BCUT2D eigenvalue weighted by Crippen LogP contribution is -2.14. The van der Waals surface area contributed by atoms with Crippen LogP contribution in [0.15, 0.2) is 30.5 Å². The smallest absolute Gasteiger partial charge is 0.0454 e. The molecule has 0 atom stereocenters. The molecule has 0 aliphatic carbocycles. The van der Waals surface area contributed by atoms with Gasteiger partial charge < -0.3 is 4.98 Å². The minimum absolute atomic E-state index is 0. The normalized spacial score (nSPS) is 12.2. The number of hydrogen-bond donors (Lipinski definition) is 1. The third-order valence-electron chi connectivity index (χ3n) is 3.22. The van der Waals surface area contributed by atoms with Crippen molar-refractivity contribution in [3.8, 4) is 0 Å². The van der Waals surface area contributed by atoms with E-state index >= 15 is 0 Å². The molecule has 1 heterocycles. The first kappa shape index (κ1) is 9.32. The molecule has 2 aromatic rings. The summed E-state index contributed by atoms with van der Waals surface area (Å²) in [5.41, 5.74) is 2.93. The van der Waals surface area contributed by atoms with E-state index in [2.05, 4.69) is 50.0 Å². The Bertz CT molecular complexity index is 442. The molecule has 0 radical (unpaired) electrons. The lowest BCUT2D eigenvalue weighted by molar-refractivity contribution is 0.507. The summed E-state index contributed by atoms with van der Waals surface area (Å²) in [5.74, 6) is 0. The molecule has 1 heteroatoms. The lowest BCUT2D eigenvalue weighted by atomic mass is 9.82. The summed E-state index contributed by atoms with van der Waals surface area (Å²) in [6.45, 7) is 6.82. The molecule has 0 saturated carbocycles. The summed E-state index contributed by atoms with van der Waals surface area (Å²) in [6.07, 6.45) is 3.16. The fourth-order valence-electron chi connectivity index (χ4n) is 1.68. The zero-order valence-electron chi connectivity index (χ0n) is 9.09. The van der Waals surface area contributed by atoms with E-state index in [-0.39, 0.29) is 6.84 Å². The molecule has 0 unspecified atom stereocenters. The number of nitrogens with one attached hydrogen (secondary N) is 1. The fraction of sp³-hybridized carbons (Fsp3) is 0.385. The van der Waals surface area contributed by atoms with E-state index in [1.54, 1.807) is 0 Å². The van der Waals surface area contributed by atoms with Crippen LogP contribution in [-0.2, 0) is 5.41 Å². The highest BCUT2D eigenvalue weighted by molar-refractivity contribution is 5.80. The largest absolute Gasteiger partial charge is 0.361 e. The summed E-state index contributed by atoms with van der Waals surface area (Å²) in [5, 5.41) is 1.31. The van der Waals surface area contributed by atoms with E-state index in [9.17, 15) is 0 Å². The first-order chi connectivity index (χ1) is 6.63. The molecular formula is C13H19N. The van der Waals surface area contributed by atoms with Crippen molar-refractivity contribution < 1.29 is 1.43 Å². The number of fused-ring (bicyclic) bond motifs is 1. The van der Waals surface area contributed by atoms with Crippen LogP contribution < -0.4 is 0 Å². The van der Waals surface area contributed by atoms with Gasteiger partial charge in [-0.15, -0.1) is 0 Å². The second-order valence-electron chi connectivity index (χ2n) is 4.52. The van der Waals surface area contributed by atoms with Crippen molar-refractivity contribution in [1.82, 2.24) is 4.98 Å². The number of aromatic nitrogens is 1. The van der Waals surface area contributed by atoms with Gasteiger partial charge in [-0.1, -0.05) is 26.8 Å². The number of H-pyrrole nitrogens is 1. The van der Waals surface area contributed by atoms with Crippen LogP contribution in [0.25, 0.3) is 10.9 Å². The summed E-state index contributed by atoms with van der Waals surface area (Å²) < 4.78 is 0. The van der Waals surface area contributed by atoms with E-state index in [4.69, 9.17) is 0 Å². The van der Waals surface area contributed by atoms with Gasteiger partial charge in [0, 0.05) is 13.1 Å². The second kappa shape index (κ2) is 3.16. The van der Waals surface area contributed by atoms with Crippen molar-refractivity contribution in [3.63, 3.8) is 0 Å². The highest BCUT2D eigenvalue weighted by Gasteiger charge is 2.17. The molecule has 2 rings (SSSR count). The Morgan fingerprint density at radius 3 is 2.79 bits per heavy atom. The molecule has 76 valence electrons. The maximum atomic E-state index is 3.22. The Hall–Kier alpha value is -1.24. The standard InChI is InChI=1S/C13H17N.H2/c1-4-13(2,3)11-5-6-12-10(9-11)7-8-14-12;/h5-9,14H,4H2,1-3H3;1H. The predicted octanol–water partition coefficient (Wildman–Crippen LogP) is 4.10. The molecule has 1 aromatic carbocycles. The Morgan fingerprint density at radius 2 is 2.07 bits per heavy atom. The molecule has 0 saturated heterocycles. The SMILES string of the molecule is CCC(C)(C)c1ccc2[nH]ccc2c1.[HH]. The van der Waals surface area contributed by atoms with Crippen LogP contribution in [0.2, 0.25) is 0 Å². The predicted molar refractivity (Wildman–Crippen MR) is 63.7 cm³/mol. The lowest BCUT2D eigenvalue weighted by Gasteiger charge is -2.23. The molecule has 1 N–H and O–H groups in total. The molecule has 1 aromatic heterocycles. The number of benzene rings is 1. The maximum Gasteiger partial charge on any atom is 0.0454 e. The van der Waals surface area contributed by atoms with Crippen molar-refractivity contribution in [3.05, 3.63) is 36.0 Å². The highest BCUT2D eigenvalue weighted by atomic mass is 14.7. The van der Waals surface area contributed by atoms with Crippen LogP contribution in [-0.4, -0.2) is 4.98 Å². The van der Waals surface area contributed by atoms with Gasteiger partial charge in [0.25, 0.3) is 0 Å². The van der Waals surface area contributed by atoms with Gasteiger partial charge in [-0.05, 0) is 41.0 Å². The first-order valence-electron chi connectivity index (χ1n) is 5.21. The van der Waals surface area contributed by atoms with Gasteiger partial charge in [-0.25, -0.2) is 0 Å². The Labute approximate surface area is 86.6 Å². The van der Waals surface area contributed by atoms with Crippen LogP contribution in [0.5, 0.6) is 0 Å². The minimum Gasteiger partial charge on any atom is -0.361 e. The van der Waals surface area contributed by atoms with Crippen LogP contribution >= 0.6 is 0 Å². The van der Waals surface area contributed by atoms with Crippen LogP contribution in [0.4, 0.5) is 0 Å². The van der Waals surface area contributed by atoms with Gasteiger partial charge in [0.05, 0.1) is 0 Å². The average Bonchev–Trinajstić information content (AvgIpc) is 2.64. The van der Waals surface area contributed by atoms with E-state index in [1.165, 1.54) is 22.9 Å². The monoisotopic (exact) mass is 189 g/mol. The molecular weight excluding hydrogens is 170 g/mol. The average molecular weight is 189 g/mol. The summed E-state index contributed by atoms with van der Waals surface area (Å²) in [6, 6.07) is 8.81. The summed E-state index contributed by atoms with van der Waals surface area (Å²) in [4.78, 5) is 3.22. The quantitative estimate of drug-likeness (QED) is 0.732. The van der Waals surface area contributed by atoms with Gasteiger partial charge in [-0.3, -0.25) is 0 Å². The van der Waals surface area contributed by atoms with E-state index in [1.807, 2.05) is 6.20 Å². The Morgan fingerprint density at radius 1 is 1.29 bits per heavy atom. The second-order valence-corrected chi connectivity index (χ2v) is 4.52. The fourth-order valence-corrected chi connectivity index (χ4v) is 1.68. The van der Waals surface area contributed by atoms with E-state index < -0.39 is 0 Å². The highest BCUT2D eigenvalue weighted by Crippen LogP contribution is 2.28. The molecule has 0 aliphatic heterocycles. The van der Waals surface area contributed by atoms with Crippen molar-refractivity contribution in [2.45, 2.75) is 32.6 Å². The maximum absolute atomic E-state index is 3.22. The minimum atomic E-state index is 0. The van der Waals surface area contributed by atoms with Gasteiger partial charge in [0.2, 0.25) is 0 Å². The van der Waals surface area contributed by atoms with Gasteiger partial charge >= 0.3 is 0 Å². The molecule has 0 aliphatic rings. The number of rotatable bonds is 2. The summed E-state index contributed by atoms with van der Waals surface area (Å²) >= 11 is 0. The van der Waals surface area contributed by atoms with Crippen LogP contribution in [0.1, 0.15) is 34.2 Å². The molecule has 0 amide bonds. The zero-order valence-corrected chi connectivity index (χ0v) is 9.09. The van der Waals surface area contributed by atoms with E-state index in [0.717, 1.165) is 0 Å². The molecule has 1 nitrogen and oxygen atoms in total. The van der Waals surface area contributed by atoms with Crippen molar-refractivity contribution in [2.24, 2.45) is 0 Å². The Balaban J connectivity index is 0.00000112. The third-order valence-corrected chi connectivity index (χ3v) is 3.22. The zero-order chi connectivity index (χ0) is 10.2. The third kappa shape index (κ3) is 1.43. The first-order valence-corrected chi connectivity index (χ1v) is 5.21. The topological polar surface area (TPSA) is 15.8 Å². The van der Waals surface area contributed by atoms with E-state index in [0.29, 0.717) is 0 Å². The van der Waals surface area contributed by atoms with Gasteiger partial charge in [0.15, 0.2) is 0 Å².